The molecule has 2 aliphatic rings. The fourth-order valence-corrected chi connectivity index (χ4v) is 4.01. The zero-order valence-corrected chi connectivity index (χ0v) is 18.0. The van der Waals surface area contributed by atoms with Gasteiger partial charge in [0.05, 0.1) is 12.6 Å². The molecule has 0 unspecified atom stereocenters. The van der Waals surface area contributed by atoms with Crippen molar-refractivity contribution in [3.8, 4) is 5.75 Å². The maximum absolute atomic E-state index is 12.2. The molecular weight excluding hydrogens is 364 g/mol. The fraction of sp³-hybridized carbons (Fsp3) is 0.652. The number of hydrogen-bond acceptors (Lipinski definition) is 3. The predicted molar refractivity (Wildman–Crippen MR) is 117 cm³/mol. The number of rotatable bonds is 8. The van der Waals surface area contributed by atoms with Gasteiger partial charge in [-0.25, -0.2) is 4.99 Å². The first-order valence-electron chi connectivity index (χ1n) is 11.2. The number of aliphatic imine (C=N–C) groups is 1. The Hall–Kier alpha value is -2.24. The number of carbonyl (C=O) groups is 1. The van der Waals surface area contributed by atoms with Crippen molar-refractivity contribution < 1.29 is 9.53 Å². The second-order valence-corrected chi connectivity index (χ2v) is 8.10. The van der Waals surface area contributed by atoms with Crippen LogP contribution in [-0.2, 0) is 11.3 Å². The number of aryl methyl sites for hydroxylation is 1. The molecule has 0 spiro atoms. The first kappa shape index (κ1) is 21.5. The van der Waals surface area contributed by atoms with Gasteiger partial charge in [0.2, 0.25) is 5.91 Å². The number of amides is 1. The van der Waals surface area contributed by atoms with E-state index in [1.165, 1.54) is 18.4 Å². The number of hydrogen-bond donors (Lipinski definition) is 2. The Bertz CT molecular complexity index is 692. The van der Waals surface area contributed by atoms with E-state index in [2.05, 4.69) is 35.8 Å². The summed E-state index contributed by atoms with van der Waals surface area (Å²) < 4.78 is 6.29. The average molecular weight is 401 g/mol. The quantitative estimate of drug-likeness (QED) is 0.519. The third-order valence-corrected chi connectivity index (χ3v) is 5.66. The molecule has 1 saturated heterocycles. The smallest absolute Gasteiger partial charge is 0.224 e. The molecule has 6 heteroatoms. The Kier molecular flexibility index (Phi) is 8.20. The van der Waals surface area contributed by atoms with Crippen molar-refractivity contribution in [2.45, 2.75) is 71.4 Å². The minimum atomic E-state index is 0.233. The summed E-state index contributed by atoms with van der Waals surface area (Å²) in [4.78, 5) is 18.9. The molecule has 3 rings (SSSR count). The summed E-state index contributed by atoms with van der Waals surface area (Å²) in [5.41, 5.74) is 2.31. The molecule has 1 aromatic carbocycles. The minimum Gasteiger partial charge on any atom is -0.490 e. The third kappa shape index (κ3) is 6.65. The molecular formula is C23H36N4O2. The standard InChI is InChI=1S/C23H36N4O2/c1-3-24-23(25-13-12-22(28)27-14-6-7-15-27)26-17-19-11-10-18(2)16-21(19)29-20-8-4-5-9-20/h10-11,16,20H,3-9,12-15,17H2,1-2H3,(H2,24,25,26). The number of benzene rings is 1. The first-order valence-corrected chi connectivity index (χ1v) is 11.2. The van der Waals surface area contributed by atoms with Gasteiger partial charge in [-0.2, -0.15) is 0 Å². The van der Waals surface area contributed by atoms with Gasteiger partial charge in [0.1, 0.15) is 5.75 Å². The van der Waals surface area contributed by atoms with Crippen LogP contribution in [-0.4, -0.2) is 49.0 Å². The lowest BCUT2D eigenvalue weighted by Crippen LogP contribution is -2.39. The summed E-state index contributed by atoms with van der Waals surface area (Å²) in [5.74, 6) is 1.94. The molecule has 6 nitrogen and oxygen atoms in total. The van der Waals surface area contributed by atoms with E-state index in [0.29, 0.717) is 25.6 Å². The van der Waals surface area contributed by atoms with E-state index in [0.717, 1.165) is 62.6 Å². The van der Waals surface area contributed by atoms with Crippen LogP contribution in [0.2, 0.25) is 0 Å². The molecule has 0 radical (unpaired) electrons. The summed E-state index contributed by atoms with van der Waals surface area (Å²) in [7, 11) is 0. The lowest BCUT2D eigenvalue weighted by Gasteiger charge is -2.18. The highest BCUT2D eigenvalue weighted by atomic mass is 16.5. The monoisotopic (exact) mass is 400 g/mol. The molecule has 1 aliphatic carbocycles. The number of carbonyl (C=O) groups excluding carboxylic acids is 1. The first-order chi connectivity index (χ1) is 14.2. The minimum absolute atomic E-state index is 0.233. The van der Waals surface area contributed by atoms with E-state index in [1.54, 1.807) is 0 Å². The van der Waals surface area contributed by atoms with Crippen molar-refractivity contribution in [1.29, 1.82) is 0 Å². The summed E-state index contributed by atoms with van der Waals surface area (Å²) in [6.07, 6.45) is 7.91. The highest BCUT2D eigenvalue weighted by Gasteiger charge is 2.19. The normalized spacial score (nSPS) is 17.6. The topological polar surface area (TPSA) is 66.0 Å². The largest absolute Gasteiger partial charge is 0.490 e. The zero-order valence-electron chi connectivity index (χ0n) is 18.0. The van der Waals surface area contributed by atoms with Crippen LogP contribution in [0.4, 0.5) is 0 Å². The molecule has 29 heavy (non-hydrogen) atoms. The van der Waals surface area contributed by atoms with Gasteiger partial charge in [-0.05, 0) is 64.0 Å². The van der Waals surface area contributed by atoms with Crippen LogP contribution in [0.15, 0.2) is 23.2 Å². The maximum Gasteiger partial charge on any atom is 0.224 e. The van der Waals surface area contributed by atoms with Crippen LogP contribution in [0.5, 0.6) is 5.75 Å². The number of guanidine groups is 1. The van der Waals surface area contributed by atoms with Crippen molar-refractivity contribution >= 4 is 11.9 Å². The second-order valence-electron chi connectivity index (χ2n) is 8.10. The lowest BCUT2D eigenvalue weighted by molar-refractivity contribution is -0.129. The number of ether oxygens (including phenoxy) is 1. The molecule has 1 aliphatic heterocycles. The Morgan fingerprint density at radius 3 is 2.66 bits per heavy atom. The number of likely N-dealkylation sites (tertiary alicyclic amines) is 1. The van der Waals surface area contributed by atoms with Crippen LogP contribution in [0.25, 0.3) is 0 Å². The van der Waals surface area contributed by atoms with Gasteiger partial charge in [-0.3, -0.25) is 4.79 Å². The van der Waals surface area contributed by atoms with Crippen molar-refractivity contribution in [3.05, 3.63) is 29.3 Å². The van der Waals surface area contributed by atoms with Gasteiger partial charge in [-0.15, -0.1) is 0 Å². The summed E-state index contributed by atoms with van der Waals surface area (Å²) >= 11 is 0. The van der Waals surface area contributed by atoms with Crippen LogP contribution in [0.3, 0.4) is 0 Å². The maximum atomic E-state index is 12.2. The molecule has 0 aromatic heterocycles. The van der Waals surface area contributed by atoms with E-state index in [4.69, 9.17) is 9.73 Å². The lowest BCUT2D eigenvalue weighted by atomic mass is 10.1. The van der Waals surface area contributed by atoms with Crippen LogP contribution < -0.4 is 15.4 Å². The van der Waals surface area contributed by atoms with Gasteiger partial charge in [0.25, 0.3) is 0 Å². The van der Waals surface area contributed by atoms with Crippen molar-refractivity contribution in [2.24, 2.45) is 4.99 Å². The molecule has 160 valence electrons. The molecule has 0 bridgehead atoms. The zero-order chi connectivity index (χ0) is 20.5. The summed E-state index contributed by atoms with van der Waals surface area (Å²) in [6, 6.07) is 6.35. The fourth-order valence-electron chi connectivity index (χ4n) is 4.01. The number of nitrogens with zero attached hydrogens (tertiary/aromatic N) is 2. The van der Waals surface area contributed by atoms with Crippen LogP contribution in [0, 0.1) is 6.92 Å². The van der Waals surface area contributed by atoms with Gasteiger partial charge in [-0.1, -0.05) is 12.1 Å². The van der Waals surface area contributed by atoms with Gasteiger partial charge in [0, 0.05) is 38.2 Å². The van der Waals surface area contributed by atoms with Gasteiger partial charge in [0.15, 0.2) is 5.96 Å². The Morgan fingerprint density at radius 1 is 1.17 bits per heavy atom. The van der Waals surface area contributed by atoms with E-state index in [9.17, 15) is 4.79 Å². The second kappa shape index (κ2) is 11.1. The summed E-state index contributed by atoms with van der Waals surface area (Å²) in [5, 5.41) is 6.57. The van der Waals surface area contributed by atoms with E-state index in [1.807, 2.05) is 11.8 Å². The van der Waals surface area contributed by atoms with Crippen molar-refractivity contribution in [3.63, 3.8) is 0 Å². The molecule has 1 aromatic rings. The molecule has 2 N–H and O–H groups in total. The van der Waals surface area contributed by atoms with E-state index in [-0.39, 0.29) is 5.91 Å². The molecule has 0 atom stereocenters. The highest BCUT2D eigenvalue weighted by Crippen LogP contribution is 2.28. The van der Waals surface area contributed by atoms with Gasteiger partial charge >= 0.3 is 0 Å². The third-order valence-electron chi connectivity index (χ3n) is 5.66. The molecule has 1 heterocycles. The number of nitrogens with one attached hydrogen (secondary N) is 2. The SMILES string of the molecule is CCNC(=NCc1ccc(C)cc1OC1CCCC1)NCCC(=O)N1CCCC1. The van der Waals surface area contributed by atoms with E-state index >= 15 is 0 Å². The predicted octanol–water partition coefficient (Wildman–Crippen LogP) is 3.38. The van der Waals surface area contributed by atoms with Crippen molar-refractivity contribution in [1.82, 2.24) is 15.5 Å². The van der Waals surface area contributed by atoms with Crippen LogP contribution in [0.1, 0.15) is 63.0 Å². The average Bonchev–Trinajstić information content (AvgIpc) is 3.41. The molecule has 2 fully saturated rings. The molecule has 1 amide bonds. The Morgan fingerprint density at radius 2 is 1.93 bits per heavy atom. The summed E-state index contributed by atoms with van der Waals surface area (Å²) in [6.45, 7) is 7.89. The van der Waals surface area contributed by atoms with Gasteiger partial charge < -0.3 is 20.3 Å². The Labute approximate surface area is 175 Å². The Balaban J connectivity index is 1.56. The molecule has 1 saturated carbocycles. The van der Waals surface area contributed by atoms with Crippen molar-refractivity contribution in [2.75, 3.05) is 26.2 Å². The van der Waals surface area contributed by atoms with E-state index < -0.39 is 0 Å². The van der Waals surface area contributed by atoms with Crippen LogP contribution >= 0.6 is 0 Å². The highest BCUT2D eigenvalue weighted by molar-refractivity contribution is 5.81.